The molecule has 0 amide bonds. The van der Waals surface area contributed by atoms with Crippen LogP contribution in [0.15, 0.2) is 73.7 Å². The maximum Gasteiger partial charge on any atom is 0.116 e. The Morgan fingerprint density at radius 3 is 2.52 bits per heavy atom. The first-order valence-corrected chi connectivity index (χ1v) is 10.5. The first-order chi connectivity index (χ1) is 16.2. The fraction of sp³-hybridized carbons (Fsp3) is 0.0800. The number of fused-ring (bicyclic) bond motifs is 2. The number of aromatic amines is 2. The van der Waals surface area contributed by atoms with Gasteiger partial charge in [-0.05, 0) is 24.3 Å². The Labute approximate surface area is 189 Å². The number of aromatic nitrogens is 7. The van der Waals surface area contributed by atoms with Gasteiger partial charge in [0.05, 0.1) is 46.7 Å². The van der Waals surface area contributed by atoms with Gasteiger partial charge in [-0.2, -0.15) is 5.10 Å². The number of rotatable bonds is 4. The molecule has 0 aliphatic carbocycles. The summed E-state index contributed by atoms with van der Waals surface area (Å²) in [4.78, 5) is 23.2. The smallest absolute Gasteiger partial charge is 0.116 e. The zero-order valence-electron chi connectivity index (χ0n) is 18.1. The number of hydrogen-bond acceptors (Lipinski definition) is 6. The highest BCUT2D eigenvalue weighted by molar-refractivity contribution is 6.01. The summed E-state index contributed by atoms with van der Waals surface area (Å²) in [7, 11) is 3.99. The molecule has 0 aromatic carbocycles. The zero-order chi connectivity index (χ0) is 22.4. The van der Waals surface area contributed by atoms with E-state index in [2.05, 4.69) is 53.3 Å². The maximum absolute atomic E-state index is 4.62. The quantitative estimate of drug-likeness (QED) is 0.419. The van der Waals surface area contributed by atoms with E-state index in [4.69, 9.17) is 0 Å². The first kappa shape index (κ1) is 19.1. The molecule has 6 aromatic heterocycles. The van der Waals surface area contributed by atoms with Crippen LogP contribution in [0, 0.1) is 0 Å². The number of nitrogens with zero attached hydrogens (tertiary/aromatic N) is 6. The molecular formula is C25H20N8. The average Bonchev–Trinajstić information content (AvgIpc) is 3.48. The molecule has 0 unspecified atom stereocenters. The van der Waals surface area contributed by atoms with Gasteiger partial charge in [-0.25, -0.2) is 0 Å². The Kier molecular flexibility index (Phi) is 4.36. The molecule has 160 valence electrons. The Morgan fingerprint density at radius 1 is 0.788 bits per heavy atom. The monoisotopic (exact) mass is 432 g/mol. The molecule has 0 aliphatic heterocycles. The number of H-pyrrole nitrogens is 2. The molecule has 33 heavy (non-hydrogen) atoms. The number of pyridine rings is 4. The number of nitrogens with one attached hydrogen (secondary N) is 2. The summed E-state index contributed by atoms with van der Waals surface area (Å²) in [6.07, 6.45) is 12.8. The summed E-state index contributed by atoms with van der Waals surface area (Å²) < 4.78 is 0. The molecule has 2 N–H and O–H groups in total. The van der Waals surface area contributed by atoms with Crippen LogP contribution >= 0.6 is 0 Å². The first-order valence-electron chi connectivity index (χ1n) is 10.5. The molecule has 0 saturated carbocycles. The van der Waals surface area contributed by atoms with E-state index in [0.717, 1.165) is 61.3 Å². The lowest BCUT2D eigenvalue weighted by Gasteiger charge is -2.12. The number of hydrogen-bond donors (Lipinski definition) is 2. The van der Waals surface area contributed by atoms with Gasteiger partial charge in [0.15, 0.2) is 0 Å². The van der Waals surface area contributed by atoms with Crippen molar-refractivity contribution in [3.05, 3.63) is 73.7 Å². The third kappa shape index (κ3) is 3.28. The van der Waals surface area contributed by atoms with Crippen molar-refractivity contribution < 1.29 is 0 Å². The Hall–Kier alpha value is -4.59. The molecular weight excluding hydrogens is 412 g/mol. The van der Waals surface area contributed by atoms with E-state index < -0.39 is 0 Å². The molecule has 0 aliphatic rings. The van der Waals surface area contributed by atoms with Crippen molar-refractivity contribution in [2.75, 3.05) is 19.0 Å². The second-order valence-electron chi connectivity index (χ2n) is 8.09. The van der Waals surface area contributed by atoms with E-state index in [1.165, 1.54) is 0 Å². The van der Waals surface area contributed by atoms with Gasteiger partial charge in [0.25, 0.3) is 0 Å². The van der Waals surface area contributed by atoms with Crippen molar-refractivity contribution in [2.45, 2.75) is 0 Å². The lowest BCUT2D eigenvalue weighted by atomic mass is 10.1. The molecule has 0 bridgehead atoms. The van der Waals surface area contributed by atoms with Crippen molar-refractivity contribution in [1.82, 2.24) is 35.1 Å². The molecule has 6 heterocycles. The highest BCUT2D eigenvalue weighted by atomic mass is 15.1. The molecule has 8 heteroatoms. The minimum absolute atomic E-state index is 0.832. The van der Waals surface area contributed by atoms with Crippen LogP contribution in [0.5, 0.6) is 0 Å². The Balaban J connectivity index is 1.48. The summed E-state index contributed by atoms with van der Waals surface area (Å²) in [5.74, 6) is 0. The van der Waals surface area contributed by atoms with Crippen LogP contribution in [0.4, 0.5) is 5.69 Å². The second kappa shape index (κ2) is 7.52. The van der Waals surface area contributed by atoms with E-state index in [-0.39, 0.29) is 0 Å². The van der Waals surface area contributed by atoms with Gasteiger partial charge >= 0.3 is 0 Å². The number of anilines is 1. The van der Waals surface area contributed by atoms with Crippen LogP contribution in [-0.2, 0) is 0 Å². The van der Waals surface area contributed by atoms with Crippen molar-refractivity contribution in [3.63, 3.8) is 0 Å². The lowest BCUT2D eigenvalue weighted by molar-refractivity contribution is 1.11. The van der Waals surface area contributed by atoms with Gasteiger partial charge in [0, 0.05) is 66.3 Å². The predicted molar refractivity (Wildman–Crippen MR) is 130 cm³/mol. The van der Waals surface area contributed by atoms with E-state index in [1.807, 2.05) is 68.3 Å². The third-order valence-corrected chi connectivity index (χ3v) is 5.76. The fourth-order valence-corrected chi connectivity index (χ4v) is 4.02. The lowest BCUT2D eigenvalue weighted by Crippen LogP contribution is -2.08. The average molecular weight is 432 g/mol. The van der Waals surface area contributed by atoms with E-state index >= 15 is 0 Å². The maximum atomic E-state index is 4.62. The molecule has 0 saturated heterocycles. The minimum Gasteiger partial charge on any atom is -0.376 e. The van der Waals surface area contributed by atoms with E-state index in [0.29, 0.717) is 0 Å². The van der Waals surface area contributed by atoms with Gasteiger partial charge in [0.2, 0.25) is 0 Å². The van der Waals surface area contributed by atoms with Crippen molar-refractivity contribution in [1.29, 1.82) is 0 Å². The molecule has 6 rings (SSSR count). The minimum atomic E-state index is 0.832. The Morgan fingerprint density at radius 2 is 1.67 bits per heavy atom. The topological polar surface area (TPSA) is 99.3 Å². The van der Waals surface area contributed by atoms with E-state index in [1.54, 1.807) is 6.20 Å². The van der Waals surface area contributed by atoms with Crippen molar-refractivity contribution in [2.24, 2.45) is 0 Å². The summed E-state index contributed by atoms with van der Waals surface area (Å²) in [5.41, 5.74) is 8.42. The highest BCUT2D eigenvalue weighted by Gasteiger charge is 2.15. The second-order valence-corrected chi connectivity index (χ2v) is 8.09. The van der Waals surface area contributed by atoms with Crippen molar-refractivity contribution in [3.8, 4) is 33.8 Å². The predicted octanol–water partition coefficient (Wildman–Crippen LogP) is 4.69. The van der Waals surface area contributed by atoms with Crippen molar-refractivity contribution >= 4 is 27.5 Å². The Bertz CT molecular complexity index is 1600. The molecule has 0 atom stereocenters. The van der Waals surface area contributed by atoms with Crippen LogP contribution in [-0.4, -0.2) is 49.2 Å². The van der Waals surface area contributed by atoms with Crippen LogP contribution in [0.3, 0.4) is 0 Å². The largest absolute Gasteiger partial charge is 0.376 e. The van der Waals surface area contributed by atoms with Gasteiger partial charge < -0.3 is 9.88 Å². The molecule has 8 nitrogen and oxygen atoms in total. The molecule has 0 radical (unpaired) electrons. The molecule has 0 spiro atoms. The van der Waals surface area contributed by atoms with Gasteiger partial charge in [0.1, 0.15) is 5.69 Å². The normalized spacial score (nSPS) is 11.3. The fourth-order valence-electron chi connectivity index (χ4n) is 4.02. The van der Waals surface area contributed by atoms with Crippen LogP contribution < -0.4 is 4.90 Å². The zero-order valence-corrected chi connectivity index (χ0v) is 18.1. The third-order valence-electron chi connectivity index (χ3n) is 5.76. The highest BCUT2D eigenvalue weighted by Crippen LogP contribution is 2.34. The van der Waals surface area contributed by atoms with Gasteiger partial charge in [-0.15, -0.1) is 0 Å². The molecule has 0 fully saturated rings. The molecule has 6 aromatic rings. The van der Waals surface area contributed by atoms with Crippen LogP contribution in [0.25, 0.3) is 55.6 Å². The standard InChI is InChI=1S/C25H20N8/c1-33(2)17-6-16(10-27-11-17)21-8-19-24(14-29-21)31-32-25(19)22-7-18-20(12-28-13-23(18)30-22)15-4-3-5-26-9-15/h3-14,30H,1-2H3,(H,31,32). The van der Waals surface area contributed by atoms with Gasteiger partial charge in [-0.3, -0.25) is 25.0 Å². The SMILES string of the molecule is CN(C)c1cncc(-c2cc3c(-c4cc5c(-c6cccnc6)cncc5[nH]4)n[nH]c3cn2)c1. The van der Waals surface area contributed by atoms with E-state index in [9.17, 15) is 0 Å². The summed E-state index contributed by atoms with van der Waals surface area (Å²) in [5, 5.41) is 9.75. The van der Waals surface area contributed by atoms with Gasteiger partial charge in [-0.1, -0.05) is 6.07 Å². The summed E-state index contributed by atoms with van der Waals surface area (Å²) >= 11 is 0. The summed E-state index contributed by atoms with van der Waals surface area (Å²) in [6.45, 7) is 0. The van der Waals surface area contributed by atoms with Crippen LogP contribution in [0.1, 0.15) is 0 Å². The van der Waals surface area contributed by atoms with Crippen LogP contribution in [0.2, 0.25) is 0 Å². The summed E-state index contributed by atoms with van der Waals surface area (Å²) in [6, 6.07) is 10.2.